The van der Waals surface area contributed by atoms with Crippen molar-refractivity contribution in [2.24, 2.45) is 5.73 Å². The first-order chi connectivity index (χ1) is 9.61. The van der Waals surface area contributed by atoms with Gasteiger partial charge in [0.1, 0.15) is 11.8 Å². The largest absolute Gasteiger partial charge is 0.496 e. The Morgan fingerprint density at radius 1 is 1.25 bits per heavy atom. The fourth-order valence-electron chi connectivity index (χ4n) is 1.88. The third-order valence-electron chi connectivity index (χ3n) is 2.88. The van der Waals surface area contributed by atoms with Crippen molar-refractivity contribution in [3.8, 4) is 5.75 Å². The summed E-state index contributed by atoms with van der Waals surface area (Å²) >= 11 is 3.41. The van der Waals surface area contributed by atoms with Crippen LogP contribution < -0.4 is 15.8 Å². The lowest BCUT2D eigenvalue weighted by Gasteiger charge is -2.18. The molecule has 0 bridgehead atoms. The maximum Gasteiger partial charge on any atom is 0.244 e. The zero-order valence-electron chi connectivity index (χ0n) is 11.0. The number of carbonyl (C=O) groups excluding carboxylic acids is 1. The lowest BCUT2D eigenvalue weighted by Crippen LogP contribution is -2.27. The molecule has 0 heterocycles. The number of amides is 1. The van der Waals surface area contributed by atoms with Crippen LogP contribution in [0.25, 0.3) is 0 Å². The topological polar surface area (TPSA) is 64.3 Å². The van der Waals surface area contributed by atoms with Crippen LogP contribution >= 0.6 is 15.9 Å². The zero-order valence-corrected chi connectivity index (χ0v) is 12.6. The van der Waals surface area contributed by atoms with E-state index in [9.17, 15) is 4.79 Å². The van der Waals surface area contributed by atoms with Crippen LogP contribution in [0.4, 0.5) is 5.69 Å². The summed E-state index contributed by atoms with van der Waals surface area (Å²) < 4.78 is 5.95. The number of hydrogen-bond donors (Lipinski definition) is 2. The minimum atomic E-state index is -0.598. The number of nitrogens with one attached hydrogen (secondary N) is 1. The summed E-state index contributed by atoms with van der Waals surface area (Å²) in [5.74, 6) is 0.266. The Balaban J connectivity index is 2.29. The van der Waals surface area contributed by atoms with E-state index in [0.717, 1.165) is 15.7 Å². The van der Waals surface area contributed by atoms with Crippen molar-refractivity contribution in [2.75, 3.05) is 12.4 Å². The van der Waals surface area contributed by atoms with E-state index in [1.807, 2.05) is 42.5 Å². The van der Waals surface area contributed by atoms with Crippen molar-refractivity contribution in [3.63, 3.8) is 0 Å². The van der Waals surface area contributed by atoms with Crippen molar-refractivity contribution in [2.45, 2.75) is 6.04 Å². The fraction of sp³-hybridized carbons (Fsp3) is 0.133. The number of primary amides is 1. The Labute approximate surface area is 126 Å². The maximum atomic E-state index is 11.7. The molecule has 0 saturated heterocycles. The highest BCUT2D eigenvalue weighted by atomic mass is 79.9. The molecule has 0 fully saturated rings. The molecule has 0 aliphatic carbocycles. The number of anilines is 1. The van der Waals surface area contributed by atoms with Gasteiger partial charge in [-0.05, 0) is 45.8 Å². The number of para-hydroxylation sites is 1. The van der Waals surface area contributed by atoms with Crippen LogP contribution in [0.1, 0.15) is 11.6 Å². The van der Waals surface area contributed by atoms with Crippen molar-refractivity contribution in [1.29, 1.82) is 0 Å². The highest BCUT2D eigenvalue weighted by Crippen LogP contribution is 2.29. The Kier molecular flexibility index (Phi) is 4.63. The third-order valence-corrected chi connectivity index (χ3v) is 3.50. The predicted molar refractivity (Wildman–Crippen MR) is 82.7 cm³/mol. The number of methoxy groups -OCH3 is 1. The van der Waals surface area contributed by atoms with Gasteiger partial charge >= 0.3 is 0 Å². The van der Waals surface area contributed by atoms with Crippen molar-refractivity contribution in [3.05, 3.63) is 58.6 Å². The summed E-state index contributed by atoms with van der Waals surface area (Å²) in [5, 5.41) is 3.12. The van der Waals surface area contributed by atoms with E-state index in [0.29, 0.717) is 5.75 Å². The van der Waals surface area contributed by atoms with Gasteiger partial charge < -0.3 is 15.8 Å². The minimum absolute atomic E-state index is 0.439. The number of halogens is 1. The van der Waals surface area contributed by atoms with Gasteiger partial charge in [-0.25, -0.2) is 0 Å². The standard InChI is InChI=1S/C15H15BrN2O2/c1-20-13-8-7-10(9-12(13)16)14(15(17)19)18-11-5-3-2-4-6-11/h2-9,14,18H,1H3,(H2,17,19). The quantitative estimate of drug-likeness (QED) is 0.883. The van der Waals surface area contributed by atoms with Gasteiger partial charge in [0.15, 0.2) is 0 Å². The molecule has 20 heavy (non-hydrogen) atoms. The van der Waals surface area contributed by atoms with Crippen LogP contribution in [0.2, 0.25) is 0 Å². The van der Waals surface area contributed by atoms with Crippen LogP contribution in [0.3, 0.4) is 0 Å². The molecular weight excluding hydrogens is 320 g/mol. The van der Waals surface area contributed by atoms with Crippen LogP contribution in [0.15, 0.2) is 53.0 Å². The van der Waals surface area contributed by atoms with Crippen LogP contribution in [-0.4, -0.2) is 13.0 Å². The van der Waals surface area contributed by atoms with Crippen LogP contribution in [0.5, 0.6) is 5.75 Å². The average Bonchev–Trinajstić information content (AvgIpc) is 2.45. The van der Waals surface area contributed by atoms with E-state index in [1.165, 1.54) is 0 Å². The summed E-state index contributed by atoms with van der Waals surface area (Å²) in [4.78, 5) is 11.7. The van der Waals surface area contributed by atoms with Gasteiger partial charge in [0.25, 0.3) is 0 Å². The monoisotopic (exact) mass is 334 g/mol. The lowest BCUT2D eigenvalue weighted by molar-refractivity contribution is -0.118. The van der Waals surface area contributed by atoms with E-state index in [4.69, 9.17) is 10.5 Å². The smallest absolute Gasteiger partial charge is 0.244 e. The Morgan fingerprint density at radius 3 is 2.50 bits per heavy atom. The van der Waals surface area contributed by atoms with Gasteiger partial charge in [-0.1, -0.05) is 24.3 Å². The normalized spacial score (nSPS) is 11.7. The van der Waals surface area contributed by atoms with Crippen molar-refractivity contribution >= 4 is 27.5 Å². The van der Waals surface area contributed by atoms with Gasteiger partial charge in [-0.3, -0.25) is 4.79 Å². The number of nitrogens with two attached hydrogens (primary N) is 1. The lowest BCUT2D eigenvalue weighted by atomic mass is 10.1. The summed E-state index contributed by atoms with van der Waals surface area (Å²) in [6, 6.07) is 14.3. The number of benzene rings is 2. The molecule has 3 N–H and O–H groups in total. The number of carbonyl (C=O) groups is 1. The molecule has 1 unspecified atom stereocenters. The second-order valence-corrected chi connectivity index (χ2v) is 5.09. The van der Waals surface area contributed by atoms with E-state index < -0.39 is 11.9 Å². The molecule has 2 aromatic carbocycles. The Hall–Kier alpha value is -2.01. The average molecular weight is 335 g/mol. The molecule has 0 saturated carbocycles. The second kappa shape index (κ2) is 6.43. The Morgan fingerprint density at radius 2 is 1.95 bits per heavy atom. The van der Waals surface area contributed by atoms with Gasteiger partial charge in [-0.15, -0.1) is 0 Å². The van der Waals surface area contributed by atoms with E-state index in [2.05, 4.69) is 21.2 Å². The first-order valence-corrected chi connectivity index (χ1v) is 6.85. The molecule has 5 heteroatoms. The zero-order chi connectivity index (χ0) is 14.5. The number of rotatable bonds is 5. The highest BCUT2D eigenvalue weighted by Gasteiger charge is 2.18. The van der Waals surface area contributed by atoms with Gasteiger partial charge in [0, 0.05) is 5.69 Å². The van der Waals surface area contributed by atoms with Gasteiger partial charge in [-0.2, -0.15) is 0 Å². The molecule has 1 atom stereocenters. The van der Waals surface area contributed by atoms with E-state index >= 15 is 0 Å². The van der Waals surface area contributed by atoms with Crippen LogP contribution in [-0.2, 0) is 4.79 Å². The van der Waals surface area contributed by atoms with E-state index in [1.54, 1.807) is 13.2 Å². The highest BCUT2D eigenvalue weighted by molar-refractivity contribution is 9.10. The number of ether oxygens (including phenoxy) is 1. The molecule has 104 valence electrons. The number of hydrogen-bond acceptors (Lipinski definition) is 3. The first kappa shape index (κ1) is 14.4. The fourth-order valence-corrected chi connectivity index (χ4v) is 2.44. The van der Waals surface area contributed by atoms with Gasteiger partial charge in [0.05, 0.1) is 11.6 Å². The van der Waals surface area contributed by atoms with E-state index in [-0.39, 0.29) is 0 Å². The first-order valence-electron chi connectivity index (χ1n) is 6.06. The van der Waals surface area contributed by atoms with Crippen molar-refractivity contribution < 1.29 is 9.53 Å². The third kappa shape index (κ3) is 3.30. The molecule has 0 aliphatic rings. The van der Waals surface area contributed by atoms with Crippen molar-refractivity contribution in [1.82, 2.24) is 0 Å². The summed E-state index contributed by atoms with van der Waals surface area (Å²) in [6.07, 6.45) is 0. The molecule has 1 amide bonds. The molecule has 0 spiro atoms. The summed E-state index contributed by atoms with van der Waals surface area (Å²) in [7, 11) is 1.59. The molecule has 0 aliphatic heterocycles. The predicted octanol–water partition coefficient (Wildman–Crippen LogP) is 3.10. The van der Waals surface area contributed by atoms with Crippen LogP contribution in [0, 0.1) is 0 Å². The molecule has 0 radical (unpaired) electrons. The molecule has 4 nitrogen and oxygen atoms in total. The summed E-state index contributed by atoms with van der Waals surface area (Å²) in [5.41, 5.74) is 7.10. The minimum Gasteiger partial charge on any atom is -0.496 e. The van der Waals surface area contributed by atoms with Gasteiger partial charge in [0.2, 0.25) is 5.91 Å². The molecule has 2 aromatic rings. The molecule has 2 rings (SSSR count). The maximum absolute atomic E-state index is 11.7. The summed E-state index contributed by atoms with van der Waals surface area (Å²) in [6.45, 7) is 0. The molecular formula is C15H15BrN2O2. The Bertz CT molecular complexity index is 602. The SMILES string of the molecule is COc1ccc(C(Nc2ccccc2)C(N)=O)cc1Br. The molecule has 0 aromatic heterocycles. The second-order valence-electron chi connectivity index (χ2n) is 4.24.